The lowest BCUT2D eigenvalue weighted by Crippen LogP contribution is -1.89. The van der Waals surface area contributed by atoms with E-state index in [1.54, 1.807) is 0 Å². The molecule has 0 aliphatic carbocycles. The molecule has 1 rings (SSSR count). The molecule has 0 aliphatic rings. The van der Waals surface area contributed by atoms with Crippen LogP contribution in [0.4, 0.5) is 5.69 Å². The third-order valence-corrected chi connectivity index (χ3v) is 2.28. The molecule has 0 unspecified atom stereocenters. The van der Waals surface area contributed by atoms with Gasteiger partial charge in [-0.1, -0.05) is 6.07 Å². The third-order valence-electron chi connectivity index (χ3n) is 1.24. The van der Waals surface area contributed by atoms with E-state index in [4.69, 9.17) is 0 Å². The van der Waals surface area contributed by atoms with Crippen molar-refractivity contribution < 1.29 is 0 Å². The molecule has 0 fully saturated rings. The fourth-order valence-corrected chi connectivity index (χ4v) is 1.80. The lowest BCUT2D eigenvalue weighted by molar-refractivity contribution is 1.37. The Kier molecular flexibility index (Phi) is 2.63. The highest BCUT2D eigenvalue weighted by Crippen LogP contribution is 2.27. The number of thiol groups is 1. The first-order valence-electron chi connectivity index (χ1n) is 2.91. The minimum atomic E-state index is 0.955. The van der Waals surface area contributed by atoms with Crippen molar-refractivity contribution in [2.75, 3.05) is 12.4 Å². The van der Waals surface area contributed by atoms with Crippen LogP contribution >= 0.6 is 28.6 Å². The molecular formula is C7H8BrNS. The molecule has 0 saturated carbocycles. The fourth-order valence-electron chi connectivity index (χ4n) is 0.760. The number of rotatable bonds is 1. The van der Waals surface area contributed by atoms with E-state index in [1.165, 1.54) is 0 Å². The highest BCUT2D eigenvalue weighted by molar-refractivity contribution is 9.10. The number of anilines is 1. The average molecular weight is 218 g/mol. The second-order valence-electron chi connectivity index (χ2n) is 1.88. The van der Waals surface area contributed by atoms with E-state index in [0.29, 0.717) is 0 Å². The molecule has 0 bridgehead atoms. The van der Waals surface area contributed by atoms with E-state index in [9.17, 15) is 0 Å². The van der Waals surface area contributed by atoms with Crippen LogP contribution in [0.2, 0.25) is 0 Å². The zero-order valence-corrected chi connectivity index (χ0v) is 8.04. The summed E-state index contributed by atoms with van der Waals surface area (Å²) in [5.74, 6) is 0. The Hall–Kier alpha value is -0.150. The van der Waals surface area contributed by atoms with Gasteiger partial charge in [-0.2, -0.15) is 0 Å². The Morgan fingerprint density at radius 3 is 2.60 bits per heavy atom. The van der Waals surface area contributed by atoms with Gasteiger partial charge < -0.3 is 5.32 Å². The molecule has 0 amide bonds. The van der Waals surface area contributed by atoms with Crippen LogP contribution in [0, 0.1) is 0 Å². The fraction of sp³-hybridized carbons (Fsp3) is 0.143. The van der Waals surface area contributed by atoms with E-state index < -0.39 is 0 Å². The van der Waals surface area contributed by atoms with Crippen LogP contribution in [0.15, 0.2) is 27.6 Å². The van der Waals surface area contributed by atoms with E-state index in [2.05, 4.69) is 33.9 Å². The van der Waals surface area contributed by atoms with Gasteiger partial charge in [0.05, 0.1) is 5.69 Å². The zero-order chi connectivity index (χ0) is 7.56. The third kappa shape index (κ3) is 1.47. The largest absolute Gasteiger partial charge is 0.386 e. The Bertz CT molecular complexity index is 217. The first-order chi connectivity index (χ1) is 4.75. The van der Waals surface area contributed by atoms with Gasteiger partial charge in [0.2, 0.25) is 0 Å². The van der Waals surface area contributed by atoms with Crippen molar-refractivity contribution in [2.24, 2.45) is 0 Å². The summed E-state index contributed by atoms with van der Waals surface area (Å²) in [4.78, 5) is 0.955. The molecule has 0 spiro atoms. The van der Waals surface area contributed by atoms with Crippen molar-refractivity contribution in [1.29, 1.82) is 0 Å². The van der Waals surface area contributed by atoms with Crippen LogP contribution in [0.25, 0.3) is 0 Å². The monoisotopic (exact) mass is 217 g/mol. The topological polar surface area (TPSA) is 12.0 Å². The molecule has 1 N–H and O–H groups in total. The summed E-state index contributed by atoms with van der Waals surface area (Å²) in [6.07, 6.45) is 0. The number of hydrogen-bond donors (Lipinski definition) is 2. The zero-order valence-electron chi connectivity index (χ0n) is 5.56. The molecule has 54 valence electrons. The smallest absolute Gasteiger partial charge is 0.0617 e. The summed E-state index contributed by atoms with van der Waals surface area (Å²) in [6.45, 7) is 0. The van der Waals surface area contributed by atoms with Crippen molar-refractivity contribution in [3.8, 4) is 0 Å². The normalized spacial score (nSPS) is 9.50. The predicted octanol–water partition coefficient (Wildman–Crippen LogP) is 2.78. The van der Waals surface area contributed by atoms with Gasteiger partial charge in [0.15, 0.2) is 0 Å². The Morgan fingerprint density at radius 1 is 1.50 bits per heavy atom. The second-order valence-corrected chi connectivity index (χ2v) is 3.22. The van der Waals surface area contributed by atoms with E-state index in [0.717, 1.165) is 15.1 Å². The van der Waals surface area contributed by atoms with Crippen LogP contribution in [0.5, 0.6) is 0 Å². The highest BCUT2D eigenvalue weighted by Gasteiger charge is 1.98. The molecule has 0 aliphatic heterocycles. The standard InChI is InChI=1S/C7H8BrNS/c1-9-7-5(8)3-2-4-6(7)10/h2-4,9-10H,1H3. The van der Waals surface area contributed by atoms with Gasteiger partial charge in [-0.15, -0.1) is 12.6 Å². The van der Waals surface area contributed by atoms with Gasteiger partial charge in [-0.25, -0.2) is 0 Å². The molecule has 1 nitrogen and oxygen atoms in total. The van der Waals surface area contributed by atoms with Gasteiger partial charge in [-0.3, -0.25) is 0 Å². The number of benzene rings is 1. The molecule has 0 atom stereocenters. The van der Waals surface area contributed by atoms with Crippen molar-refractivity contribution in [3.63, 3.8) is 0 Å². The molecule has 3 heteroatoms. The first-order valence-corrected chi connectivity index (χ1v) is 4.15. The maximum absolute atomic E-state index is 4.26. The Balaban J connectivity index is 3.17. The first kappa shape index (κ1) is 7.95. The van der Waals surface area contributed by atoms with Crippen LogP contribution in [-0.4, -0.2) is 7.05 Å². The maximum Gasteiger partial charge on any atom is 0.0617 e. The lowest BCUT2D eigenvalue weighted by atomic mass is 10.3. The Morgan fingerprint density at radius 2 is 2.20 bits per heavy atom. The van der Waals surface area contributed by atoms with Crippen molar-refractivity contribution in [3.05, 3.63) is 22.7 Å². The van der Waals surface area contributed by atoms with Crippen molar-refractivity contribution in [1.82, 2.24) is 0 Å². The minimum Gasteiger partial charge on any atom is -0.386 e. The summed E-state index contributed by atoms with van der Waals surface area (Å²) < 4.78 is 1.04. The van der Waals surface area contributed by atoms with Crippen molar-refractivity contribution in [2.45, 2.75) is 4.90 Å². The van der Waals surface area contributed by atoms with Gasteiger partial charge >= 0.3 is 0 Å². The van der Waals surface area contributed by atoms with E-state index >= 15 is 0 Å². The van der Waals surface area contributed by atoms with Crippen LogP contribution in [0.1, 0.15) is 0 Å². The molecular weight excluding hydrogens is 210 g/mol. The van der Waals surface area contributed by atoms with Gasteiger partial charge in [0, 0.05) is 16.4 Å². The molecule has 0 aromatic heterocycles. The molecule has 0 radical (unpaired) electrons. The second kappa shape index (κ2) is 3.30. The molecule has 1 aromatic carbocycles. The number of hydrogen-bond acceptors (Lipinski definition) is 2. The number of nitrogens with one attached hydrogen (secondary N) is 1. The van der Waals surface area contributed by atoms with E-state index in [-0.39, 0.29) is 0 Å². The number of halogens is 1. The highest BCUT2D eigenvalue weighted by atomic mass is 79.9. The minimum absolute atomic E-state index is 0.955. The number of para-hydroxylation sites is 1. The van der Waals surface area contributed by atoms with Crippen LogP contribution < -0.4 is 5.32 Å². The quantitative estimate of drug-likeness (QED) is 0.690. The van der Waals surface area contributed by atoms with Crippen LogP contribution in [0.3, 0.4) is 0 Å². The Labute approximate surface area is 74.4 Å². The summed E-state index contributed by atoms with van der Waals surface area (Å²) in [6, 6.07) is 5.87. The predicted molar refractivity (Wildman–Crippen MR) is 50.9 cm³/mol. The summed E-state index contributed by atoms with van der Waals surface area (Å²) in [5, 5.41) is 3.04. The van der Waals surface area contributed by atoms with Crippen molar-refractivity contribution >= 4 is 34.2 Å². The molecule has 1 aromatic rings. The lowest BCUT2D eigenvalue weighted by Gasteiger charge is -2.04. The van der Waals surface area contributed by atoms with Gasteiger partial charge in [0.1, 0.15) is 0 Å². The molecule has 0 saturated heterocycles. The SMILES string of the molecule is CNc1c(S)cccc1Br. The molecule has 10 heavy (non-hydrogen) atoms. The summed E-state index contributed by atoms with van der Waals surface area (Å²) >= 11 is 7.65. The van der Waals surface area contributed by atoms with E-state index in [1.807, 2.05) is 25.2 Å². The van der Waals surface area contributed by atoms with Gasteiger partial charge in [-0.05, 0) is 28.1 Å². The summed E-state index contributed by atoms with van der Waals surface area (Å²) in [5.41, 5.74) is 1.03. The van der Waals surface area contributed by atoms with Crippen LogP contribution in [-0.2, 0) is 0 Å². The maximum atomic E-state index is 4.26. The average Bonchev–Trinajstić information content (AvgIpc) is 1.88. The van der Waals surface area contributed by atoms with Gasteiger partial charge in [0.25, 0.3) is 0 Å². The molecule has 0 heterocycles. The summed E-state index contributed by atoms with van der Waals surface area (Å²) in [7, 11) is 1.87.